The molecule has 18 heteroatoms. The van der Waals surface area contributed by atoms with Crippen LogP contribution in [0.25, 0.3) is 5.65 Å². The highest BCUT2D eigenvalue weighted by molar-refractivity contribution is 7.68. The zero-order chi connectivity index (χ0) is 20.5. The molecule has 0 aliphatic rings. The van der Waals surface area contributed by atoms with Crippen LogP contribution in [0.4, 0.5) is 5.69 Å². The van der Waals surface area contributed by atoms with Gasteiger partial charge in [-0.25, -0.2) is 13.4 Å². The van der Waals surface area contributed by atoms with Crippen molar-refractivity contribution in [2.24, 2.45) is 0 Å². The first kappa shape index (κ1) is 22.1. The molecular formula is C9H16N5O10P3. The first-order chi connectivity index (χ1) is 12.3. The average Bonchev–Trinajstić information content (AvgIpc) is 2.86. The highest BCUT2D eigenvalue weighted by atomic mass is 31.3. The van der Waals surface area contributed by atoms with Gasteiger partial charge in [-0.15, -0.1) is 10.2 Å². The van der Waals surface area contributed by atoms with E-state index in [4.69, 9.17) is 25.2 Å². The van der Waals surface area contributed by atoms with Crippen LogP contribution in [-0.4, -0.2) is 51.8 Å². The molecule has 0 aliphatic carbocycles. The van der Waals surface area contributed by atoms with E-state index in [1.54, 1.807) is 0 Å². The van der Waals surface area contributed by atoms with E-state index in [0.29, 0.717) is 17.2 Å². The molecule has 2 aromatic heterocycles. The van der Waals surface area contributed by atoms with Gasteiger partial charge < -0.3 is 30.0 Å². The molecule has 27 heavy (non-hydrogen) atoms. The molecule has 0 fully saturated rings. The summed E-state index contributed by atoms with van der Waals surface area (Å²) in [7, 11) is -15.8. The zero-order valence-corrected chi connectivity index (χ0v) is 16.3. The minimum Gasteiger partial charge on any atom is -0.396 e. The second-order valence-electron chi connectivity index (χ2n) is 5.21. The lowest BCUT2D eigenvalue weighted by Gasteiger charge is -2.18. The monoisotopic (exact) mass is 447 g/mol. The van der Waals surface area contributed by atoms with Gasteiger partial charge in [-0.2, -0.15) is 13.9 Å². The van der Waals surface area contributed by atoms with Crippen LogP contribution >= 0.6 is 23.2 Å². The molecule has 152 valence electrons. The van der Waals surface area contributed by atoms with E-state index in [1.807, 2.05) is 0 Å². The van der Waals surface area contributed by atoms with E-state index in [9.17, 15) is 18.6 Å². The lowest BCUT2D eigenvalue weighted by molar-refractivity contribution is 0.0859. The Balaban J connectivity index is 1.96. The van der Waals surface area contributed by atoms with E-state index >= 15 is 0 Å². The minimum absolute atomic E-state index is 0.0768. The van der Waals surface area contributed by atoms with E-state index < -0.39 is 35.7 Å². The SMILES string of the molecule is CC(Cc1nnc2c(N)ccnn12)OCP(=O)(O)OP(=O)(O)OP(=O)(O)O. The molecule has 0 bridgehead atoms. The predicted octanol–water partition coefficient (Wildman–Crippen LogP) is 0.0233. The van der Waals surface area contributed by atoms with Gasteiger partial charge in [0, 0.05) is 6.42 Å². The van der Waals surface area contributed by atoms with Gasteiger partial charge in [-0.1, -0.05) is 0 Å². The Morgan fingerprint density at radius 2 is 1.85 bits per heavy atom. The molecule has 0 amide bonds. The number of anilines is 1. The van der Waals surface area contributed by atoms with Crippen molar-refractivity contribution >= 4 is 34.6 Å². The number of ether oxygens (including phenoxy) is 1. The molecule has 3 unspecified atom stereocenters. The van der Waals surface area contributed by atoms with Crippen LogP contribution in [0.3, 0.4) is 0 Å². The fourth-order valence-electron chi connectivity index (χ4n) is 1.87. The fourth-order valence-corrected chi connectivity index (χ4v) is 5.25. The topological polar surface area (TPSA) is 229 Å². The van der Waals surface area contributed by atoms with Gasteiger partial charge in [0.2, 0.25) is 5.65 Å². The summed E-state index contributed by atoms with van der Waals surface area (Å²) in [4.78, 5) is 35.5. The maximum absolute atomic E-state index is 11.8. The number of hydrogen-bond acceptors (Lipinski definition) is 10. The Hall–Kier alpha value is -1.24. The predicted molar refractivity (Wildman–Crippen MR) is 88.2 cm³/mol. The number of rotatable bonds is 9. The Bertz CT molecular complexity index is 959. The normalized spacial score (nSPS) is 18.1. The Kier molecular flexibility index (Phi) is 6.55. The molecule has 2 aromatic rings. The maximum Gasteiger partial charge on any atom is 0.488 e. The third kappa shape index (κ3) is 6.70. The van der Waals surface area contributed by atoms with Crippen LogP contribution in [0.15, 0.2) is 12.3 Å². The summed E-state index contributed by atoms with van der Waals surface area (Å²) in [6.45, 7) is 1.50. The second-order valence-corrected chi connectivity index (χ2v) is 9.97. The summed E-state index contributed by atoms with van der Waals surface area (Å²) in [5, 5.41) is 11.7. The quantitative estimate of drug-likeness (QED) is 0.319. The van der Waals surface area contributed by atoms with Gasteiger partial charge >= 0.3 is 23.2 Å². The Morgan fingerprint density at radius 3 is 2.48 bits per heavy atom. The Morgan fingerprint density at radius 1 is 1.19 bits per heavy atom. The Labute approximate surface area is 151 Å². The summed E-state index contributed by atoms with van der Waals surface area (Å²) in [6, 6.07) is 1.53. The molecule has 0 saturated heterocycles. The summed E-state index contributed by atoms with van der Waals surface area (Å²) in [6.07, 6.45) is -0.301. The van der Waals surface area contributed by atoms with Crippen LogP contribution in [0.5, 0.6) is 0 Å². The van der Waals surface area contributed by atoms with Crippen molar-refractivity contribution in [2.45, 2.75) is 19.4 Å². The van der Waals surface area contributed by atoms with Gasteiger partial charge in [0.05, 0.1) is 18.0 Å². The van der Waals surface area contributed by atoms with Crippen LogP contribution in [0.1, 0.15) is 12.7 Å². The van der Waals surface area contributed by atoms with Crippen molar-refractivity contribution in [1.29, 1.82) is 0 Å². The number of hydrogen-bond donors (Lipinski definition) is 5. The van der Waals surface area contributed by atoms with Gasteiger partial charge in [0.1, 0.15) is 6.35 Å². The molecule has 0 aliphatic heterocycles. The number of aromatic nitrogens is 4. The summed E-state index contributed by atoms with van der Waals surface area (Å²) in [5.41, 5.74) is 6.37. The minimum atomic E-state index is -5.50. The molecule has 0 radical (unpaired) electrons. The lowest BCUT2D eigenvalue weighted by atomic mass is 10.3. The molecule has 6 N–H and O–H groups in total. The second kappa shape index (κ2) is 8.02. The van der Waals surface area contributed by atoms with E-state index in [2.05, 4.69) is 23.9 Å². The number of phosphoric acid groups is 2. The fraction of sp³-hybridized carbons (Fsp3) is 0.444. The van der Waals surface area contributed by atoms with Crippen LogP contribution in [0, 0.1) is 0 Å². The van der Waals surface area contributed by atoms with Gasteiger partial charge in [0.25, 0.3) is 0 Å². The van der Waals surface area contributed by atoms with Crippen molar-refractivity contribution in [1.82, 2.24) is 19.8 Å². The average molecular weight is 447 g/mol. The summed E-state index contributed by atoms with van der Waals surface area (Å²) in [5.74, 6) is 0.330. The number of fused-ring (bicyclic) bond motifs is 1. The molecule has 2 rings (SSSR count). The molecule has 2 heterocycles. The first-order valence-corrected chi connectivity index (χ1v) is 11.8. The number of nitrogens with two attached hydrogens (primary N) is 1. The molecular weight excluding hydrogens is 431 g/mol. The maximum atomic E-state index is 11.8. The highest BCUT2D eigenvalue weighted by Gasteiger charge is 2.39. The van der Waals surface area contributed by atoms with Crippen molar-refractivity contribution < 1.29 is 46.6 Å². The number of nitrogen functional groups attached to an aromatic ring is 1. The third-order valence-corrected chi connectivity index (χ3v) is 6.83. The van der Waals surface area contributed by atoms with Gasteiger partial charge in [0.15, 0.2) is 5.82 Å². The van der Waals surface area contributed by atoms with Gasteiger partial charge in [-0.3, -0.25) is 4.57 Å². The molecule has 0 aromatic carbocycles. The standard InChI is InChI=1S/C9H16N5O10P3/c1-6(4-8-12-13-9-7(10)2-3-11-14(8)9)22-5-25(15,16)23-27(20,21)24-26(17,18)19/h2-3,6H,4-5,10H2,1H3,(H,15,16)(H,20,21)(H2,17,18,19). The lowest BCUT2D eigenvalue weighted by Crippen LogP contribution is -2.16. The van der Waals surface area contributed by atoms with Crippen molar-refractivity contribution in [3.8, 4) is 0 Å². The van der Waals surface area contributed by atoms with Crippen LogP contribution < -0.4 is 5.73 Å². The third-order valence-electron chi connectivity index (χ3n) is 2.83. The van der Waals surface area contributed by atoms with E-state index in [0.717, 1.165) is 0 Å². The largest absolute Gasteiger partial charge is 0.488 e. The van der Waals surface area contributed by atoms with E-state index in [-0.39, 0.29) is 6.42 Å². The van der Waals surface area contributed by atoms with Crippen molar-refractivity contribution in [3.05, 3.63) is 18.1 Å². The number of nitrogens with zero attached hydrogens (tertiary/aromatic N) is 4. The van der Waals surface area contributed by atoms with E-state index in [1.165, 1.54) is 23.7 Å². The van der Waals surface area contributed by atoms with Crippen LogP contribution in [-0.2, 0) is 33.5 Å². The smallest absolute Gasteiger partial charge is 0.396 e. The molecule has 3 atom stereocenters. The first-order valence-electron chi connectivity index (χ1n) is 6.97. The molecule has 0 saturated carbocycles. The van der Waals surface area contributed by atoms with Crippen LogP contribution in [0.2, 0.25) is 0 Å². The molecule has 0 spiro atoms. The van der Waals surface area contributed by atoms with Crippen molar-refractivity contribution in [2.75, 3.05) is 12.1 Å². The summed E-state index contributed by atoms with van der Waals surface area (Å²) < 4.78 is 47.4. The zero-order valence-electron chi connectivity index (χ0n) is 13.6. The molecule has 15 nitrogen and oxygen atoms in total. The summed E-state index contributed by atoms with van der Waals surface area (Å²) >= 11 is 0. The van der Waals surface area contributed by atoms with Crippen molar-refractivity contribution in [3.63, 3.8) is 0 Å². The highest BCUT2D eigenvalue weighted by Crippen LogP contribution is 2.65. The van der Waals surface area contributed by atoms with Gasteiger partial charge in [-0.05, 0) is 13.0 Å².